The molecule has 82 valence electrons. The Kier molecular flexibility index (Phi) is 2.62. The maximum absolute atomic E-state index is 11.6. The Morgan fingerprint density at radius 3 is 3.20 bits per heavy atom. The van der Waals surface area contributed by atoms with Gasteiger partial charge in [0.15, 0.2) is 0 Å². The lowest BCUT2D eigenvalue weighted by Gasteiger charge is -2.25. The number of carbonyl (C=O) groups excluding carboxylic acids is 1. The van der Waals surface area contributed by atoms with Crippen LogP contribution >= 0.6 is 0 Å². The number of nitrogen functional groups attached to an aromatic ring is 1. The Morgan fingerprint density at radius 2 is 2.47 bits per heavy atom. The number of anilines is 1. The van der Waals surface area contributed by atoms with Crippen molar-refractivity contribution in [3.8, 4) is 0 Å². The molecule has 15 heavy (non-hydrogen) atoms. The van der Waals surface area contributed by atoms with Gasteiger partial charge in [0.05, 0.1) is 12.2 Å². The average Bonchev–Trinajstić information content (AvgIpc) is 2.57. The molecule has 0 saturated carbocycles. The normalized spacial score (nSPS) is 15.1. The first kappa shape index (κ1) is 10.0. The number of rotatable bonds is 2. The Labute approximate surface area is 88.3 Å². The molecule has 0 saturated heterocycles. The van der Waals surface area contributed by atoms with E-state index in [-0.39, 0.29) is 11.9 Å². The molecule has 1 aromatic rings. The molecular formula is C10H15N3O2. The van der Waals surface area contributed by atoms with Gasteiger partial charge in [-0.15, -0.1) is 0 Å². The van der Waals surface area contributed by atoms with Crippen molar-refractivity contribution in [1.82, 2.24) is 9.88 Å². The summed E-state index contributed by atoms with van der Waals surface area (Å²) in [6, 6.07) is 0.199. The summed E-state index contributed by atoms with van der Waals surface area (Å²) < 4.78 is 5.24. The van der Waals surface area contributed by atoms with Gasteiger partial charge >= 0.3 is 0 Å². The molecular weight excluding hydrogens is 194 g/mol. The molecule has 2 heterocycles. The van der Waals surface area contributed by atoms with E-state index in [0.717, 1.165) is 30.8 Å². The molecule has 0 aliphatic carbocycles. The zero-order chi connectivity index (χ0) is 10.8. The maximum Gasteiger partial charge on any atom is 0.292 e. The van der Waals surface area contributed by atoms with Crippen LogP contribution in [0.3, 0.4) is 0 Å². The number of nitrogens with two attached hydrogens (primary N) is 1. The van der Waals surface area contributed by atoms with Crippen molar-refractivity contribution < 1.29 is 9.21 Å². The van der Waals surface area contributed by atoms with Gasteiger partial charge in [0.2, 0.25) is 5.91 Å². The summed E-state index contributed by atoms with van der Waals surface area (Å²) in [5.41, 5.74) is 6.35. The molecule has 2 rings (SSSR count). The first-order valence-corrected chi connectivity index (χ1v) is 5.22. The van der Waals surface area contributed by atoms with E-state index in [1.54, 1.807) is 4.90 Å². The van der Waals surface area contributed by atoms with Crippen molar-refractivity contribution in [3.05, 3.63) is 11.5 Å². The zero-order valence-corrected chi connectivity index (χ0v) is 8.82. The molecule has 0 bridgehead atoms. The van der Waals surface area contributed by atoms with Crippen LogP contribution in [-0.4, -0.2) is 22.3 Å². The monoisotopic (exact) mass is 209 g/mol. The van der Waals surface area contributed by atoms with E-state index in [2.05, 4.69) is 4.98 Å². The van der Waals surface area contributed by atoms with E-state index in [9.17, 15) is 4.79 Å². The smallest absolute Gasteiger partial charge is 0.292 e. The van der Waals surface area contributed by atoms with Crippen LogP contribution in [0.5, 0.6) is 0 Å². The van der Waals surface area contributed by atoms with Crippen LogP contribution in [0.2, 0.25) is 0 Å². The summed E-state index contributed by atoms with van der Waals surface area (Å²) >= 11 is 0. The van der Waals surface area contributed by atoms with E-state index in [4.69, 9.17) is 10.2 Å². The molecule has 1 aliphatic rings. The Bertz CT molecular complexity index is 373. The molecule has 5 heteroatoms. The summed E-state index contributed by atoms with van der Waals surface area (Å²) in [6.45, 7) is 3.23. The average molecular weight is 209 g/mol. The molecule has 1 aromatic heterocycles. The fourth-order valence-corrected chi connectivity index (χ4v) is 1.80. The lowest BCUT2D eigenvalue weighted by Crippen LogP contribution is -2.35. The van der Waals surface area contributed by atoms with Crippen LogP contribution in [-0.2, 0) is 17.8 Å². The molecule has 0 radical (unpaired) electrons. The van der Waals surface area contributed by atoms with Crippen LogP contribution in [0.15, 0.2) is 4.42 Å². The van der Waals surface area contributed by atoms with Gasteiger partial charge < -0.3 is 15.1 Å². The van der Waals surface area contributed by atoms with Gasteiger partial charge in [-0.3, -0.25) is 4.79 Å². The van der Waals surface area contributed by atoms with E-state index < -0.39 is 0 Å². The van der Waals surface area contributed by atoms with Crippen LogP contribution in [0.1, 0.15) is 31.2 Å². The predicted octanol–water partition coefficient (Wildman–Crippen LogP) is 0.942. The quantitative estimate of drug-likeness (QED) is 0.786. The second kappa shape index (κ2) is 3.92. The summed E-state index contributed by atoms with van der Waals surface area (Å²) in [5, 5.41) is 0. The fraction of sp³-hybridized carbons (Fsp3) is 0.600. The Balaban J connectivity index is 2.08. The lowest BCUT2D eigenvalue weighted by atomic mass is 10.1. The molecule has 5 nitrogen and oxygen atoms in total. The third-order valence-corrected chi connectivity index (χ3v) is 2.56. The number of fused-ring (bicyclic) bond motifs is 1. The van der Waals surface area contributed by atoms with Crippen molar-refractivity contribution >= 4 is 11.9 Å². The van der Waals surface area contributed by atoms with E-state index in [0.29, 0.717) is 13.0 Å². The molecule has 0 aromatic carbocycles. The summed E-state index contributed by atoms with van der Waals surface area (Å²) in [5.74, 6) is 0.918. The molecule has 2 N–H and O–H groups in total. The van der Waals surface area contributed by atoms with Crippen molar-refractivity contribution in [1.29, 1.82) is 0 Å². The third-order valence-electron chi connectivity index (χ3n) is 2.56. The summed E-state index contributed by atoms with van der Waals surface area (Å²) in [6.07, 6.45) is 2.21. The van der Waals surface area contributed by atoms with Gasteiger partial charge in [0.1, 0.15) is 5.76 Å². The summed E-state index contributed by atoms with van der Waals surface area (Å²) in [4.78, 5) is 17.5. The summed E-state index contributed by atoms with van der Waals surface area (Å²) in [7, 11) is 0. The number of hydrogen-bond acceptors (Lipinski definition) is 4. The highest BCUT2D eigenvalue weighted by molar-refractivity contribution is 5.76. The van der Waals surface area contributed by atoms with Gasteiger partial charge in [-0.05, 0) is 6.42 Å². The van der Waals surface area contributed by atoms with Crippen LogP contribution < -0.4 is 5.73 Å². The number of oxazole rings is 1. The fourth-order valence-electron chi connectivity index (χ4n) is 1.80. The number of hydrogen-bond donors (Lipinski definition) is 1. The largest absolute Gasteiger partial charge is 0.427 e. The van der Waals surface area contributed by atoms with Crippen molar-refractivity contribution in [2.24, 2.45) is 0 Å². The number of amides is 1. The van der Waals surface area contributed by atoms with E-state index >= 15 is 0 Å². The molecule has 1 aliphatic heterocycles. The Morgan fingerprint density at radius 1 is 1.67 bits per heavy atom. The molecule has 0 fully saturated rings. The second-order valence-corrected chi connectivity index (χ2v) is 3.74. The Hall–Kier alpha value is -1.52. The number of aromatic nitrogens is 1. The minimum absolute atomic E-state index is 0.179. The number of nitrogens with zero attached hydrogens (tertiary/aromatic N) is 2. The van der Waals surface area contributed by atoms with Crippen LogP contribution in [0.4, 0.5) is 6.01 Å². The van der Waals surface area contributed by atoms with E-state index in [1.807, 2.05) is 6.92 Å². The lowest BCUT2D eigenvalue weighted by molar-refractivity contribution is -0.132. The van der Waals surface area contributed by atoms with Crippen molar-refractivity contribution in [3.63, 3.8) is 0 Å². The standard InChI is InChI=1S/C10H15N3O2/c1-2-3-9(14)13-5-4-7-8(6-13)15-10(11)12-7/h2-6H2,1H3,(H2,11,12). The minimum atomic E-state index is 0.179. The first-order chi connectivity index (χ1) is 7.20. The maximum atomic E-state index is 11.6. The highest BCUT2D eigenvalue weighted by atomic mass is 16.4. The van der Waals surface area contributed by atoms with Gasteiger partial charge in [-0.2, -0.15) is 4.98 Å². The highest BCUT2D eigenvalue weighted by Gasteiger charge is 2.24. The minimum Gasteiger partial charge on any atom is -0.427 e. The highest BCUT2D eigenvalue weighted by Crippen LogP contribution is 2.21. The van der Waals surface area contributed by atoms with Crippen molar-refractivity contribution in [2.75, 3.05) is 12.3 Å². The molecule has 0 atom stereocenters. The number of carbonyl (C=O) groups is 1. The SMILES string of the molecule is CCCC(=O)N1CCc2nc(N)oc2C1. The first-order valence-electron chi connectivity index (χ1n) is 5.22. The van der Waals surface area contributed by atoms with Gasteiger partial charge in [0, 0.05) is 19.4 Å². The topological polar surface area (TPSA) is 72.4 Å². The predicted molar refractivity (Wildman–Crippen MR) is 54.9 cm³/mol. The zero-order valence-electron chi connectivity index (χ0n) is 8.82. The molecule has 0 unspecified atom stereocenters. The molecule has 1 amide bonds. The third kappa shape index (κ3) is 1.95. The van der Waals surface area contributed by atoms with Crippen LogP contribution in [0, 0.1) is 0 Å². The second-order valence-electron chi connectivity index (χ2n) is 3.74. The van der Waals surface area contributed by atoms with Gasteiger partial charge in [0.25, 0.3) is 6.01 Å². The van der Waals surface area contributed by atoms with Crippen LogP contribution in [0.25, 0.3) is 0 Å². The van der Waals surface area contributed by atoms with Gasteiger partial charge in [-0.25, -0.2) is 0 Å². The van der Waals surface area contributed by atoms with E-state index in [1.165, 1.54) is 0 Å². The van der Waals surface area contributed by atoms with Crippen molar-refractivity contribution in [2.45, 2.75) is 32.7 Å². The van der Waals surface area contributed by atoms with Gasteiger partial charge in [-0.1, -0.05) is 6.92 Å². The molecule has 0 spiro atoms.